The minimum Gasteiger partial charge on any atom is -0.489 e. The first-order valence-corrected chi connectivity index (χ1v) is 9.95. The molecule has 0 aliphatic carbocycles. The largest absolute Gasteiger partial charge is 0.489 e. The second kappa shape index (κ2) is 7.17. The van der Waals surface area contributed by atoms with E-state index < -0.39 is 10.0 Å². The summed E-state index contributed by atoms with van der Waals surface area (Å²) in [4.78, 5) is 8.45. The number of nitrogens with one attached hydrogen (secondary N) is 3. The Morgan fingerprint density at radius 3 is 2.73 bits per heavy atom. The maximum absolute atomic E-state index is 12.1. The molecule has 0 aliphatic heterocycles. The summed E-state index contributed by atoms with van der Waals surface area (Å²) in [5.74, 6) is 0.963. The maximum Gasteiger partial charge on any atom is 0.240 e. The van der Waals surface area contributed by atoms with E-state index in [1.807, 2.05) is 13.8 Å². The van der Waals surface area contributed by atoms with Crippen LogP contribution in [0, 0.1) is 0 Å². The molecule has 26 heavy (non-hydrogen) atoms. The Balaban J connectivity index is 2.11. The van der Waals surface area contributed by atoms with E-state index in [1.54, 1.807) is 6.07 Å². The quantitative estimate of drug-likeness (QED) is 0.538. The van der Waals surface area contributed by atoms with Crippen LogP contribution in [0.1, 0.15) is 13.8 Å². The van der Waals surface area contributed by atoms with Crippen molar-refractivity contribution >= 4 is 48.5 Å². The van der Waals surface area contributed by atoms with Crippen molar-refractivity contribution in [2.24, 2.45) is 0 Å². The van der Waals surface area contributed by atoms with Gasteiger partial charge in [-0.1, -0.05) is 0 Å². The van der Waals surface area contributed by atoms with Gasteiger partial charge in [0.2, 0.25) is 10.0 Å². The molecule has 0 fully saturated rings. The number of nitrogens with zero attached hydrogens (tertiary/aromatic N) is 3. The Bertz CT molecular complexity index is 1050. The number of rotatable bonds is 6. The summed E-state index contributed by atoms with van der Waals surface area (Å²) in [6.07, 6.45) is 1.29. The third kappa shape index (κ3) is 3.64. The first-order valence-electron chi connectivity index (χ1n) is 7.67. The molecule has 9 nitrogen and oxygen atoms in total. The van der Waals surface area contributed by atoms with E-state index in [1.165, 1.54) is 25.5 Å². The van der Waals surface area contributed by atoms with Gasteiger partial charge in [0.1, 0.15) is 22.5 Å². The highest BCUT2D eigenvalue weighted by Crippen LogP contribution is 2.34. The standard InChI is InChI=1S/C15H17BrN6O3S/c1-8(2)25-11-5-4-9(26(23,24)17-3)6-10(11)20-14-12-13(16)21-22-15(12)19-7-18-14/h4-8,17H,1-3H3,(H2,18,19,20,21,22). The molecule has 11 heteroatoms. The Hall–Kier alpha value is -2.24. The molecule has 0 aliphatic rings. The number of sulfonamides is 1. The summed E-state index contributed by atoms with van der Waals surface area (Å²) in [5, 5.41) is 10.6. The van der Waals surface area contributed by atoms with E-state index in [0.717, 1.165) is 0 Å². The van der Waals surface area contributed by atoms with Gasteiger partial charge in [-0.3, -0.25) is 5.10 Å². The van der Waals surface area contributed by atoms with Crippen molar-refractivity contribution in [2.75, 3.05) is 12.4 Å². The van der Waals surface area contributed by atoms with Gasteiger partial charge >= 0.3 is 0 Å². The van der Waals surface area contributed by atoms with Gasteiger partial charge in [-0.15, -0.1) is 0 Å². The summed E-state index contributed by atoms with van der Waals surface area (Å²) in [6.45, 7) is 3.77. The van der Waals surface area contributed by atoms with Crippen molar-refractivity contribution < 1.29 is 13.2 Å². The lowest BCUT2D eigenvalue weighted by atomic mass is 10.2. The van der Waals surface area contributed by atoms with Crippen molar-refractivity contribution in [3.05, 3.63) is 29.1 Å². The van der Waals surface area contributed by atoms with Gasteiger partial charge < -0.3 is 10.1 Å². The van der Waals surface area contributed by atoms with Crippen molar-refractivity contribution in [3.8, 4) is 5.75 Å². The third-order valence-electron chi connectivity index (χ3n) is 3.46. The second-order valence-corrected chi connectivity index (χ2v) is 8.26. The molecule has 3 N–H and O–H groups in total. The number of fused-ring (bicyclic) bond motifs is 1. The molecule has 2 heterocycles. The Kier molecular flexibility index (Phi) is 5.12. The van der Waals surface area contributed by atoms with Crippen LogP contribution in [0.25, 0.3) is 11.0 Å². The van der Waals surface area contributed by atoms with Crippen LogP contribution in [-0.2, 0) is 10.0 Å². The van der Waals surface area contributed by atoms with Crippen LogP contribution in [-0.4, -0.2) is 41.7 Å². The van der Waals surface area contributed by atoms with Gasteiger partial charge in [-0.05, 0) is 55.0 Å². The minimum atomic E-state index is -3.60. The Morgan fingerprint density at radius 1 is 1.27 bits per heavy atom. The number of anilines is 2. The summed E-state index contributed by atoms with van der Waals surface area (Å²) in [5.41, 5.74) is 1.00. The number of aromatic nitrogens is 4. The number of H-pyrrole nitrogens is 1. The highest BCUT2D eigenvalue weighted by atomic mass is 79.9. The summed E-state index contributed by atoms with van der Waals surface area (Å²) in [6, 6.07) is 4.58. The zero-order chi connectivity index (χ0) is 18.9. The molecule has 0 saturated carbocycles. The number of hydrogen-bond acceptors (Lipinski definition) is 7. The smallest absolute Gasteiger partial charge is 0.240 e. The van der Waals surface area contributed by atoms with Crippen molar-refractivity contribution in [1.82, 2.24) is 24.9 Å². The minimum absolute atomic E-state index is 0.0895. The van der Waals surface area contributed by atoms with E-state index in [-0.39, 0.29) is 11.0 Å². The first-order chi connectivity index (χ1) is 12.3. The fourth-order valence-corrected chi connectivity index (χ4v) is 3.51. The van der Waals surface area contributed by atoms with Gasteiger partial charge in [-0.25, -0.2) is 23.1 Å². The van der Waals surface area contributed by atoms with Crippen LogP contribution in [0.3, 0.4) is 0 Å². The molecule has 2 aromatic heterocycles. The number of halogens is 1. The highest BCUT2D eigenvalue weighted by molar-refractivity contribution is 9.10. The number of benzene rings is 1. The number of aromatic amines is 1. The van der Waals surface area contributed by atoms with Crippen LogP contribution in [0.2, 0.25) is 0 Å². The van der Waals surface area contributed by atoms with E-state index in [0.29, 0.717) is 32.9 Å². The topological polar surface area (TPSA) is 122 Å². The number of hydrogen-bond donors (Lipinski definition) is 3. The zero-order valence-corrected chi connectivity index (χ0v) is 16.6. The first kappa shape index (κ1) is 18.5. The second-order valence-electron chi connectivity index (χ2n) is 5.62. The van der Waals surface area contributed by atoms with Crippen LogP contribution in [0.5, 0.6) is 5.75 Å². The van der Waals surface area contributed by atoms with Crippen molar-refractivity contribution in [1.29, 1.82) is 0 Å². The van der Waals surface area contributed by atoms with Gasteiger partial charge in [0.05, 0.1) is 22.1 Å². The predicted octanol–water partition coefficient (Wildman–Crippen LogP) is 2.55. The third-order valence-corrected chi connectivity index (χ3v) is 5.45. The summed E-state index contributed by atoms with van der Waals surface area (Å²) >= 11 is 3.35. The molecular formula is C15H17BrN6O3S. The monoisotopic (exact) mass is 440 g/mol. The van der Waals surface area contributed by atoms with Crippen molar-refractivity contribution in [2.45, 2.75) is 24.8 Å². The molecule has 0 unspecified atom stereocenters. The van der Waals surface area contributed by atoms with Gasteiger partial charge in [0.15, 0.2) is 5.65 Å². The number of ether oxygens (including phenoxy) is 1. The molecule has 1 aromatic carbocycles. The molecular weight excluding hydrogens is 424 g/mol. The molecule has 0 atom stereocenters. The lowest BCUT2D eigenvalue weighted by molar-refractivity contribution is 0.243. The lowest BCUT2D eigenvalue weighted by Gasteiger charge is -2.16. The SMILES string of the molecule is CNS(=O)(=O)c1ccc(OC(C)C)c(Nc2ncnc3[nH]nc(Br)c23)c1. The Morgan fingerprint density at radius 2 is 2.04 bits per heavy atom. The predicted molar refractivity (Wildman–Crippen MR) is 101 cm³/mol. The molecule has 0 saturated heterocycles. The Labute approximate surface area is 158 Å². The molecule has 0 spiro atoms. The molecule has 0 amide bonds. The van der Waals surface area contributed by atoms with Crippen molar-refractivity contribution in [3.63, 3.8) is 0 Å². The molecule has 0 bridgehead atoms. The van der Waals surface area contributed by atoms with E-state index in [9.17, 15) is 8.42 Å². The average Bonchev–Trinajstić information content (AvgIpc) is 2.98. The lowest BCUT2D eigenvalue weighted by Crippen LogP contribution is -2.19. The zero-order valence-electron chi connectivity index (χ0n) is 14.2. The van der Waals surface area contributed by atoms with Gasteiger partial charge in [0, 0.05) is 0 Å². The average molecular weight is 441 g/mol. The highest BCUT2D eigenvalue weighted by Gasteiger charge is 2.18. The normalized spacial score (nSPS) is 11.9. The van der Waals surface area contributed by atoms with Crippen LogP contribution in [0.4, 0.5) is 11.5 Å². The van der Waals surface area contributed by atoms with E-state index >= 15 is 0 Å². The van der Waals surface area contributed by atoms with Crippen LogP contribution >= 0.6 is 15.9 Å². The molecule has 3 rings (SSSR count). The van der Waals surface area contributed by atoms with Crippen LogP contribution < -0.4 is 14.8 Å². The molecule has 3 aromatic rings. The molecule has 0 radical (unpaired) electrons. The fraction of sp³-hybridized carbons (Fsp3) is 0.267. The van der Waals surface area contributed by atoms with E-state index in [4.69, 9.17) is 4.74 Å². The molecule has 138 valence electrons. The van der Waals surface area contributed by atoms with E-state index in [2.05, 4.69) is 46.1 Å². The summed E-state index contributed by atoms with van der Waals surface area (Å²) < 4.78 is 32.9. The van der Waals surface area contributed by atoms with Gasteiger partial charge in [-0.2, -0.15) is 5.10 Å². The van der Waals surface area contributed by atoms with Crippen LogP contribution in [0.15, 0.2) is 34.0 Å². The van der Waals surface area contributed by atoms with Gasteiger partial charge in [0.25, 0.3) is 0 Å². The summed E-state index contributed by atoms with van der Waals surface area (Å²) in [7, 11) is -2.25. The maximum atomic E-state index is 12.1. The fourth-order valence-electron chi connectivity index (χ4n) is 2.29.